The lowest BCUT2D eigenvalue weighted by Gasteiger charge is -2.21. The van der Waals surface area contributed by atoms with Crippen molar-refractivity contribution >= 4 is 22.0 Å². The van der Waals surface area contributed by atoms with Crippen LogP contribution in [-0.2, 0) is 11.2 Å². The number of carbonyl (C=O) groups is 1. The van der Waals surface area contributed by atoms with Gasteiger partial charge in [-0.2, -0.15) is 0 Å². The minimum Gasteiger partial charge on any atom is -0.444 e. The van der Waals surface area contributed by atoms with Crippen LogP contribution in [0.5, 0.6) is 0 Å². The third kappa shape index (κ3) is 6.39. The summed E-state index contributed by atoms with van der Waals surface area (Å²) in [4.78, 5) is 11.6. The lowest BCUT2D eigenvalue weighted by Crippen LogP contribution is -2.36. The highest BCUT2D eigenvalue weighted by molar-refractivity contribution is 9.10. The largest absolute Gasteiger partial charge is 0.444 e. The van der Waals surface area contributed by atoms with E-state index in [4.69, 9.17) is 4.74 Å². The van der Waals surface area contributed by atoms with Gasteiger partial charge in [0.25, 0.3) is 0 Å². The van der Waals surface area contributed by atoms with Crippen LogP contribution in [0.4, 0.5) is 4.79 Å². The van der Waals surface area contributed by atoms with Crippen molar-refractivity contribution in [1.82, 2.24) is 5.32 Å². The second-order valence-corrected chi connectivity index (χ2v) is 6.58. The highest BCUT2D eigenvalue weighted by Crippen LogP contribution is 2.19. The maximum absolute atomic E-state index is 11.6. The van der Waals surface area contributed by atoms with Crippen LogP contribution in [0.2, 0.25) is 0 Å². The van der Waals surface area contributed by atoms with Gasteiger partial charge in [0, 0.05) is 23.5 Å². The van der Waals surface area contributed by atoms with Crippen LogP contribution in [-0.4, -0.2) is 30.0 Å². The molecule has 0 heterocycles. The molecule has 0 fully saturated rings. The number of rotatable bonds is 5. The molecule has 0 aliphatic carbocycles. The SMILES string of the molecule is CC(C)(C)OC(=O)NCC(CO)Cc1ccccc1Br. The summed E-state index contributed by atoms with van der Waals surface area (Å²) in [5, 5.41) is 12.1. The standard InChI is InChI=1S/C15H22BrNO3/c1-15(2,3)20-14(19)17-9-11(10-18)8-12-6-4-5-7-13(12)16/h4-7,11,18H,8-10H2,1-3H3,(H,17,19). The summed E-state index contributed by atoms with van der Waals surface area (Å²) in [6.45, 7) is 5.84. The molecule has 112 valence electrons. The van der Waals surface area contributed by atoms with Gasteiger partial charge < -0.3 is 15.2 Å². The van der Waals surface area contributed by atoms with Crippen LogP contribution in [0, 0.1) is 5.92 Å². The van der Waals surface area contributed by atoms with Gasteiger partial charge in [0.15, 0.2) is 0 Å². The van der Waals surface area contributed by atoms with E-state index >= 15 is 0 Å². The van der Waals surface area contributed by atoms with Crippen LogP contribution in [0.25, 0.3) is 0 Å². The van der Waals surface area contributed by atoms with Gasteiger partial charge in [0.05, 0.1) is 0 Å². The molecule has 0 radical (unpaired) electrons. The number of halogens is 1. The van der Waals surface area contributed by atoms with E-state index in [1.165, 1.54) is 0 Å². The van der Waals surface area contributed by atoms with Gasteiger partial charge in [0.1, 0.15) is 5.60 Å². The van der Waals surface area contributed by atoms with Crippen molar-refractivity contribution in [3.05, 3.63) is 34.3 Å². The number of aliphatic hydroxyl groups excluding tert-OH is 1. The van der Waals surface area contributed by atoms with Crippen LogP contribution in [0.15, 0.2) is 28.7 Å². The number of carbonyl (C=O) groups excluding carboxylic acids is 1. The maximum atomic E-state index is 11.6. The predicted molar refractivity (Wildman–Crippen MR) is 82.7 cm³/mol. The van der Waals surface area contributed by atoms with Gasteiger partial charge in [0.2, 0.25) is 0 Å². The number of benzene rings is 1. The van der Waals surface area contributed by atoms with Crippen LogP contribution < -0.4 is 5.32 Å². The molecule has 0 aromatic heterocycles. The van der Waals surface area contributed by atoms with Crippen molar-refractivity contribution in [2.45, 2.75) is 32.8 Å². The Morgan fingerprint density at radius 3 is 2.60 bits per heavy atom. The van der Waals surface area contributed by atoms with E-state index in [9.17, 15) is 9.90 Å². The topological polar surface area (TPSA) is 58.6 Å². The quantitative estimate of drug-likeness (QED) is 0.863. The van der Waals surface area contributed by atoms with Gasteiger partial charge in [-0.25, -0.2) is 4.79 Å². The molecule has 1 amide bonds. The van der Waals surface area contributed by atoms with Crippen molar-refractivity contribution in [2.75, 3.05) is 13.2 Å². The first-order chi connectivity index (χ1) is 9.31. The monoisotopic (exact) mass is 343 g/mol. The van der Waals surface area contributed by atoms with E-state index in [0.29, 0.717) is 13.0 Å². The minimum atomic E-state index is -0.513. The van der Waals surface area contributed by atoms with Gasteiger partial charge >= 0.3 is 6.09 Å². The highest BCUT2D eigenvalue weighted by atomic mass is 79.9. The molecule has 2 N–H and O–H groups in total. The van der Waals surface area contributed by atoms with E-state index in [2.05, 4.69) is 21.2 Å². The average molecular weight is 344 g/mol. The highest BCUT2D eigenvalue weighted by Gasteiger charge is 2.17. The fourth-order valence-electron chi connectivity index (χ4n) is 1.72. The first-order valence-corrected chi connectivity index (χ1v) is 7.42. The second-order valence-electron chi connectivity index (χ2n) is 5.73. The third-order valence-electron chi connectivity index (χ3n) is 2.66. The minimum absolute atomic E-state index is 0.0110. The van der Waals surface area contributed by atoms with E-state index in [1.54, 1.807) is 0 Å². The Morgan fingerprint density at radius 2 is 2.05 bits per heavy atom. The van der Waals surface area contributed by atoms with E-state index in [0.717, 1.165) is 10.0 Å². The molecule has 0 saturated carbocycles. The summed E-state index contributed by atoms with van der Waals surface area (Å²) < 4.78 is 6.18. The lowest BCUT2D eigenvalue weighted by molar-refractivity contribution is 0.0512. The van der Waals surface area contributed by atoms with Crippen LogP contribution in [0.1, 0.15) is 26.3 Å². The van der Waals surface area contributed by atoms with Gasteiger partial charge in [-0.3, -0.25) is 0 Å². The molecular formula is C15H22BrNO3. The summed E-state index contributed by atoms with van der Waals surface area (Å²) in [6.07, 6.45) is 0.233. The maximum Gasteiger partial charge on any atom is 0.407 e. The summed E-state index contributed by atoms with van der Waals surface area (Å²) >= 11 is 3.48. The third-order valence-corrected chi connectivity index (χ3v) is 3.43. The number of hydrogen-bond acceptors (Lipinski definition) is 3. The zero-order chi connectivity index (χ0) is 15.2. The van der Waals surface area contributed by atoms with Crippen LogP contribution in [0.3, 0.4) is 0 Å². The number of alkyl carbamates (subject to hydrolysis) is 1. The van der Waals surface area contributed by atoms with Gasteiger partial charge in [-0.05, 0) is 38.8 Å². The van der Waals surface area contributed by atoms with E-state index < -0.39 is 11.7 Å². The predicted octanol–water partition coefficient (Wildman–Crippen LogP) is 3.12. The molecule has 0 spiro atoms. The number of ether oxygens (including phenoxy) is 1. The molecule has 0 bridgehead atoms. The molecule has 1 unspecified atom stereocenters. The summed E-state index contributed by atoms with van der Waals surface area (Å²) in [5.74, 6) is -0.0405. The zero-order valence-electron chi connectivity index (χ0n) is 12.1. The molecule has 20 heavy (non-hydrogen) atoms. The molecule has 0 aliphatic heterocycles. The Morgan fingerprint density at radius 1 is 1.40 bits per heavy atom. The Labute approximate surface area is 128 Å². The molecule has 1 aromatic rings. The first-order valence-electron chi connectivity index (χ1n) is 6.63. The van der Waals surface area contributed by atoms with Crippen molar-refractivity contribution < 1.29 is 14.6 Å². The molecule has 0 saturated heterocycles. The van der Waals surface area contributed by atoms with E-state index in [1.807, 2.05) is 45.0 Å². The Kier molecular flexibility index (Phi) is 6.49. The molecule has 1 aromatic carbocycles. The van der Waals surface area contributed by atoms with Gasteiger partial charge in [-0.15, -0.1) is 0 Å². The van der Waals surface area contributed by atoms with Gasteiger partial charge in [-0.1, -0.05) is 34.1 Å². The first kappa shape index (κ1) is 17.0. The van der Waals surface area contributed by atoms with Crippen molar-refractivity contribution in [1.29, 1.82) is 0 Å². The molecular weight excluding hydrogens is 322 g/mol. The zero-order valence-corrected chi connectivity index (χ0v) is 13.7. The Balaban J connectivity index is 2.48. The van der Waals surface area contributed by atoms with E-state index in [-0.39, 0.29) is 12.5 Å². The number of aliphatic hydroxyl groups is 1. The van der Waals surface area contributed by atoms with Crippen LogP contribution >= 0.6 is 15.9 Å². The summed E-state index contributed by atoms with van der Waals surface area (Å²) in [6, 6.07) is 7.86. The van der Waals surface area contributed by atoms with Crippen molar-refractivity contribution in [3.63, 3.8) is 0 Å². The second kappa shape index (κ2) is 7.64. The number of hydrogen-bond donors (Lipinski definition) is 2. The smallest absolute Gasteiger partial charge is 0.407 e. The average Bonchev–Trinajstić information content (AvgIpc) is 2.34. The number of amides is 1. The Bertz CT molecular complexity index is 443. The summed E-state index contributed by atoms with van der Waals surface area (Å²) in [7, 11) is 0. The molecule has 1 atom stereocenters. The Hall–Kier alpha value is -1.07. The molecule has 0 aliphatic rings. The number of nitrogens with one attached hydrogen (secondary N) is 1. The van der Waals surface area contributed by atoms with Crippen molar-refractivity contribution in [3.8, 4) is 0 Å². The fourth-order valence-corrected chi connectivity index (χ4v) is 2.16. The fraction of sp³-hybridized carbons (Fsp3) is 0.533. The molecule has 5 heteroatoms. The summed E-state index contributed by atoms with van der Waals surface area (Å²) in [5.41, 5.74) is 0.596. The normalized spacial score (nSPS) is 12.8. The molecule has 1 rings (SSSR count). The lowest BCUT2D eigenvalue weighted by atomic mass is 10.0. The van der Waals surface area contributed by atoms with Crippen molar-refractivity contribution in [2.24, 2.45) is 5.92 Å². The molecule has 4 nitrogen and oxygen atoms in total.